The molecule has 35 heavy (non-hydrogen) atoms. The summed E-state index contributed by atoms with van der Waals surface area (Å²) in [7, 11) is 0. The predicted octanol–water partition coefficient (Wildman–Crippen LogP) is 2.95. The molecule has 2 fully saturated rings. The van der Waals surface area contributed by atoms with E-state index >= 15 is 0 Å². The molecule has 1 atom stereocenters. The van der Waals surface area contributed by atoms with E-state index in [1.54, 1.807) is 0 Å². The van der Waals surface area contributed by atoms with Gasteiger partial charge in [0.1, 0.15) is 0 Å². The SMILES string of the molecule is NC(=O)c1cc(C2C=CC(CN3CCOCC3)=CC2)nc2c1[nH]c1cc(N3CCOCC3)ccc12. The monoisotopic (exact) mass is 473 g/mol. The largest absolute Gasteiger partial charge is 0.379 e. The van der Waals surface area contributed by atoms with Gasteiger partial charge >= 0.3 is 0 Å². The fourth-order valence-corrected chi connectivity index (χ4v) is 5.28. The van der Waals surface area contributed by atoms with E-state index in [2.05, 4.69) is 51.2 Å². The van der Waals surface area contributed by atoms with Crippen LogP contribution in [-0.2, 0) is 9.47 Å². The number of rotatable bonds is 5. The van der Waals surface area contributed by atoms with Gasteiger partial charge in [-0.25, -0.2) is 4.98 Å². The van der Waals surface area contributed by atoms with Gasteiger partial charge in [0.2, 0.25) is 0 Å². The summed E-state index contributed by atoms with van der Waals surface area (Å²) < 4.78 is 10.9. The molecule has 8 nitrogen and oxygen atoms in total. The minimum atomic E-state index is -0.443. The summed E-state index contributed by atoms with van der Waals surface area (Å²) in [6.07, 6.45) is 7.56. The molecule has 6 rings (SSSR count). The third-order valence-corrected chi connectivity index (χ3v) is 7.27. The van der Waals surface area contributed by atoms with E-state index in [0.29, 0.717) is 11.1 Å². The molecule has 3 aromatic rings. The molecule has 1 aliphatic carbocycles. The van der Waals surface area contributed by atoms with E-state index in [0.717, 1.165) is 93.4 Å². The molecule has 2 aromatic heterocycles. The van der Waals surface area contributed by atoms with Crippen molar-refractivity contribution in [3.05, 3.63) is 59.3 Å². The number of primary amides is 1. The fraction of sp³-hybridized carbons (Fsp3) is 0.407. The molecule has 3 N–H and O–H groups in total. The summed E-state index contributed by atoms with van der Waals surface area (Å²) >= 11 is 0. The molecular formula is C27H31N5O3. The summed E-state index contributed by atoms with van der Waals surface area (Å²) in [6, 6.07) is 8.21. The van der Waals surface area contributed by atoms with Gasteiger partial charge in [0, 0.05) is 55.4 Å². The Morgan fingerprint density at radius 2 is 1.86 bits per heavy atom. The number of pyridine rings is 1. The number of nitrogens with one attached hydrogen (secondary N) is 1. The first kappa shape index (κ1) is 22.3. The van der Waals surface area contributed by atoms with Gasteiger partial charge in [0.05, 0.1) is 48.5 Å². The molecule has 4 heterocycles. The Hall–Kier alpha value is -3.20. The molecule has 1 amide bonds. The van der Waals surface area contributed by atoms with Gasteiger partial charge in [-0.2, -0.15) is 0 Å². The summed E-state index contributed by atoms with van der Waals surface area (Å²) in [5.74, 6) is -0.328. The normalized spacial score (nSPS) is 21.5. The summed E-state index contributed by atoms with van der Waals surface area (Å²) in [4.78, 5) is 25.6. The Morgan fingerprint density at radius 1 is 1.09 bits per heavy atom. The predicted molar refractivity (Wildman–Crippen MR) is 137 cm³/mol. The standard InChI is InChI=1S/C27H31N5O3/c28-27(33)22-16-23(19-3-1-18(2-4-19)17-31-7-11-34-12-8-31)29-25-21-6-5-20(15-24(21)30-26(22)25)32-9-13-35-14-10-32/h1-3,5-6,15-16,19,30H,4,7-14,17H2,(H2,28,33). The highest BCUT2D eigenvalue weighted by atomic mass is 16.5. The maximum absolute atomic E-state index is 12.4. The number of anilines is 1. The number of hydrogen-bond acceptors (Lipinski definition) is 6. The summed E-state index contributed by atoms with van der Waals surface area (Å²) in [5.41, 5.74) is 12.1. The molecule has 8 heteroatoms. The Balaban J connectivity index is 1.30. The number of carbonyl (C=O) groups is 1. The fourth-order valence-electron chi connectivity index (χ4n) is 5.28. The maximum Gasteiger partial charge on any atom is 0.250 e. The number of fused-ring (bicyclic) bond motifs is 3. The van der Waals surface area contributed by atoms with E-state index in [1.165, 1.54) is 5.57 Å². The van der Waals surface area contributed by atoms with Crippen molar-refractivity contribution in [2.24, 2.45) is 5.73 Å². The highest BCUT2D eigenvalue weighted by molar-refractivity contribution is 6.13. The number of carbonyl (C=O) groups excluding carboxylic acids is 1. The van der Waals surface area contributed by atoms with E-state index in [1.807, 2.05) is 6.07 Å². The van der Waals surface area contributed by atoms with Crippen LogP contribution in [0, 0.1) is 0 Å². The summed E-state index contributed by atoms with van der Waals surface area (Å²) in [5, 5.41) is 1.00. The van der Waals surface area contributed by atoms with Crippen molar-refractivity contribution in [1.82, 2.24) is 14.9 Å². The van der Waals surface area contributed by atoms with Gasteiger partial charge < -0.3 is 25.1 Å². The number of aromatic amines is 1. The first-order chi connectivity index (χ1) is 17.2. The number of morpholine rings is 2. The lowest BCUT2D eigenvalue weighted by Gasteiger charge is -2.28. The van der Waals surface area contributed by atoms with Crippen LogP contribution in [0.4, 0.5) is 5.69 Å². The highest BCUT2D eigenvalue weighted by Gasteiger charge is 2.21. The molecule has 2 aliphatic heterocycles. The number of nitrogens with zero attached hydrogens (tertiary/aromatic N) is 3. The molecule has 0 bridgehead atoms. The van der Waals surface area contributed by atoms with Crippen molar-refractivity contribution < 1.29 is 14.3 Å². The molecule has 1 unspecified atom stereocenters. The number of hydrogen-bond donors (Lipinski definition) is 2. The molecule has 1 aromatic carbocycles. The number of amides is 1. The molecule has 3 aliphatic rings. The van der Waals surface area contributed by atoms with Gasteiger partial charge in [-0.1, -0.05) is 18.2 Å². The van der Waals surface area contributed by atoms with E-state index in [-0.39, 0.29) is 5.92 Å². The van der Waals surface area contributed by atoms with Gasteiger partial charge in [0.25, 0.3) is 5.91 Å². The van der Waals surface area contributed by atoms with Crippen molar-refractivity contribution in [2.45, 2.75) is 12.3 Å². The maximum atomic E-state index is 12.4. The molecule has 2 saturated heterocycles. The zero-order valence-corrected chi connectivity index (χ0v) is 19.8. The van der Waals surface area contributed by atoms with Crippen molar-refractivity contribution in [3.8, 4) is 0 Å². The smallest absolute Gasteiger partial charge is 0.250 e. The van der Waals surface area contributed by atoms with Crippen LogP contribution in [0.25, 0.3) is 21.9 Å². The van der Waals surface area contributed by atoms with Crippen LogP contribution in [-0.4, -0.2) is 79.9 Å². The van der Waals surface area contributed by atoms with Crippen molar-refractivity contribution in [2.75, 3.05) is 64.1 Å². The van der Waals surface area contributed by atoms with Crippen molar-refractivity contribution in [1.29, 1.82) is 0 Å². The number of allylic oxidation sites excluding steroid dienone is 2. The third kappa shape index (κ3) is 4.45. The minimum Gasteiger partial charge on any atom is -0.379 e. The number of ether oxygens (including phenoxy) is 2. The van der Waals surface area contributed by atoms with Crippen LogP contribution in [0.2, 0.25) is 0 Å². The van der Waals surface area contributed by atoms with Crippen LogP contribution in [0.1, 0.15) is 28.4 Å². The average molecular weight is 474 g/mol. The Morgan fingerprint density at radius 3 is 2.57 bits per heavy atom. The molecule has 0 saturated carbocycles. The molecular weight excluding hydrogens is 442 g/mol. The lowest BCUT2D eigenvalue weighted by Crippen LogP contribution is -2.37. The molecule has 0 radical (unpaired) electrons. The second kappa shape index (κ2) is 9.45. The number of nitrogens with two attached hydrogens (primary N) is 1. The van der Waals surface area contributed by atoms with Gasteiger partial charge in [0.15, 0.2) is 0 Å². The van der Waals surface area contributed by atoms with E-state index in [9.17, 15) is 4.79 Å². The van der Waals surface area contributed by atoms with E-state index in [4.69, 9.17) is 20.2 Å². The molecule has 182 valence electrons. The average Bonchev–Trinajstić information content (AvgIpc) is 3.27. The Labute approximate surface area is 204 Å². The second-order valence-electron chi connectivity index (χ2n) is 9.51. The van der Waals surface area contributed by atoms with Gasteiger partial charge in [-0.3, -0.25) is 9.69 Å². The van der Waals surface area contributed by atoms with Crippen molar-refractivity contribution in [3.63, 3.8) is 0 Å². The van der Waals surface area contributed by atoms with Crippen LogP contribution < -0.4 is 10.6 Å². The highest BCUT2D eigenvalue weighted by Crippen LogP contribution is 2.33. The number of H-pyrrole nitrogens is 1. The van der Waals surface area contributed by atoms with Gasteiger partial charge in [-0.15, -0.1) is 0 Å². The number of aromatic nitrogens is 2. The van der Waals surface area contributed by atoms with Crippen molar-refractivity contribution >= 4 is 33.5 Å². The summed E-state index contributed by atoms with van der Waals surface area (Å²) in [6.45, 7) is 7.71. The topological polar surface area (TPSA) is 96.7 Å². The lowest BCUT2D eigenvalue weighted by atomic mass is 9.92. The molecule has 0 spiro atoms. The zero-order chi connectivity index (χ0) is 23.8. The van der Waals surface area contributed by atoms with Crippen LogP contribution in [0.5, 0.6) is 0 Å². The lowest BCUT2D eigenvalue weighted by molar-refractivity contribution is 0.0425. The van der Waals surface area contributed by atoms with Crippen LogP contribution >= 0.6 is 0 Å². The van der Waals surface area contributed by atoms with Crippen LogP contribution in [0.15, 0.2) is 48.1 Å². The van der Waals surface area contributed by atoms with Gasteiger partial charge in [-0.05, 0) is 36.3 Å². The second-order valence-corrected chi connectivity index (χ2v) is 9.51. The third-order valence-electron chi connectivity index (χ3n) is 7.27. The van der Waals surface area contributed by atoms with Crippen LogP contribution in [0.3, 0.4) is 0 Å². The first-order valence-corrected chi connectivity index (χ1v) is 12.4. The zero-order valence-electron chi connectivity index (χ0n) is 19.8. The Kier molecular flexibility index (Phi) is 6.01. The van der Waals surface area contributed by atoms with E-state index < -0.39 is 5.91 Å². The number of benzene rings is 1. The Bertz CT molecular complexity index is 1320. The minimum absolute atomic E-state index is 0.114. The first-order valence-electron chi connectivity index (χ1n) is 12.4. The quantitative estimate of drug-likeness (QED) is 0.592.